The summed E-state index contributed by atoms with van der Waals surface area (Å²) in [5.41, 5.74) is 1.25. The third-order valence-corrected chi connectivity index (χ3v) is 6.28. The van der Waals surface area contributed by atoms with Crippen LogP contribution in [0.1, 0.15) is 11.1 Å². The maximum atomic E-state index is 12.4. The molecule has 2 aromatic carbocycles. The molecule has 1 aliphatic heterocycles. The van der Waals surface area contributed by atoms with Crippen LogP contribution in [-0.2, 0) is 20.9 Å². The second-order valence-corrected chi connectivity index (χ2v) is 8.82. The Morgan fingerprint density at radius 3 is 2.32 bits per heavy atom. The smallest absolute Gasteiger partial charge is 0.325 e. The van der Waals surface area contributed by atoms with Gasteiger partial charge < -0.3 is 9.47 Å². The van der Waals surface area contributed by atoms with Gasteiger partial charge in [0, 0.05) is 0 Å². The second kappa shape index (κ2) is 10.1. The monoisotopic (exact) mass is 519 g/mol. The fraction of sp³-hybridized carbons (Fsp3) is 0.150. The Bertz CT molecular complexity index is 1080. The van der Waals surface area contributed by atoms with Crippen molar-refractivity contribution in [2.24, 2.45) is 0 Å². The molecule has 0 saturated carbocycles. The number of esters is 1. The summed E-state index contributed by atoms with van der Waals surface area (Å²) >= 11 is 25.2. The maximum absolute atomic E-state index is 12.4. The summed E-state index contributed by atoms with van der Waals surface area (Å²) in [6.45, 7) is -0.302. The van der Waals surface area contributed by atoms with Crippen LogP contribution in [0.5, 0.6) is 5.75 Å². The van der Waals surface area contributed by atoms with Crippen molar-refractivity contribution in [1.82, 2.24) is 4.90 Å². The highest BCUT2D eigenvalue weighted by Gasteiger charge is 2.36. The van der Waals surface area contributed by atoms with Crippen molar-refractivity contribution in [3.8, 4) is 5.75 Å². The molecule has 1 fully saturated rings. The quantitative estimate of drug-likeness (QED) is 0.339. The maximum Gasteiger partial charge on any atom is 0.325 e. The highest BCUT2D eigenvalue weighted by Crippen LogP contribution is 2.38. The summed E-state index contributed by atoms with van der Waals surface area (Å²) in [6, 6.07) is 8.18. The van der Waals surface area contributed by atoms with Gasteiger partial charge in [0.05, 0.1) is 32.1 Å². The third-order valence-electron chi connectivity index (χ3n) is 4.07. The molecule has 0 unspecified atom stereocenters. The minimum atomic E-state index is -0.696. The lowest BCUT2D eigenvalue weighted by atomic mass is 10.2. The summed E-state index contributed by atoms with van der Waals surface area (Å²) < 4.78 is 10.2. The molecule has 162 valence electrons. The molecule has 0 aromatic heterocycles. The number of amides is 2. The van der Waals surface area contributed by atoms with Crippen LogP contribution in [0.25, 0.3) is 6.08 Å². The average molecular weight is 521 g/mol. The van der Waals surface area contributed by atoms with Gasteiger partial charge in [-0.25, -0.2) is 0 Å². The van der Waals surface area contributed by atoms with E-state index < -0.39 is 23.7 Å². The van der Waals surface area contributed by atoms with Crippen LogP contribution < -0.4 is 4.74 Å². The molecular weight excluding hydrogens is 508 g/mol. The number of imide groups is 1. The Kier molecular flexibility index (Phi) is 7.78. The Hall–Kier alpha value is -1.90. The molecule has 0 spiro atoms. The number of benzene rings is 2. The molecule has 11 heteroatoms. The van der Waals surface area contributed by atoms with Gasteiger partial charge in [0.15, 0.2) is 5.75 Å². The largest absolute Gasteiger partial charge is 0.486 e. The van der Waals surface area contributed by atoms with E-state index >= 15 is 0 Å². The van der Waals surface area contributed by atoms with Crippen molar-refractivity contribution >= 4 is 81.4 Å². The van der Waals surface area contributed by atoms with E-state index in [0.29, 0.717) is 27.4 Å². The summed E-state index contributed by atoms with van der Waals surface area (Å²) in [5, 5.41) is 0.693. The Morgan fingerprint density at radius 1 is 1.03 bits per heavy atom. The van der Waals surface area contributed by atoms with E-state index in [2.05, 4.69) is 4.74 Å². The normalized spacial score (nSPS) is 15.0. The third kappa shape index (κ3) is 5.67. The van der Waals surface area contributed by atoms with Gasteiger partial charge >= 0.3 is 5.97 Å². The second-order valence-electron chi connectivity index (χ2n) is 6.19. The SMILES string of the molecule is COC(=O)CN1C(=O)S/C(=C\c2cc(Cl)c(OCc3ccc(Cl)c(Cl)c3)c(Cl)c2)C1=O. The molecule has 0 atom stereocenters. The molecule has 2 amide bonds. The van der Waals surface area contributed by atoms with Crippen LogP contribution in [0.2, 0.25) is 20.1 Å². The summed E-state index contributed by atoms with van der Waals surface area (Å²) in [7, 11) is 1.17. The minimum absolute atomic E-state index is 0.130. The van der Waals surface area contributed by atoms with E-state index in [1.165, 1.54) is 13.2 Å². The van der Waals surface area contributed by atoms with E-state index in [9.17, 15) is 14.4 Å². The van der Waals surface area contributed by atoms with Gasteiger partial charge in [0.1, 0.15) is 13.2 Å². The first kappa shape index (κ1) is 23.8. The predicted octanol–water partition coefficient (Wildman–Crippen LogP) is 6.09. The molecular formula is C20H13Cl4NO5S. The number of carbonyl (C=O) groups is 3. The number of ether oxygens (including phenoxy) is 2. The Morgan fingerprint density at radius 2 is 1.71 bits per heavy atom. The van der Waals surface area contributed by atoms with E-state index in [1.54, 1.807) is 30.3 Å². The van der Waals surface area contributed by atoms with E-state index in [1.807, 2.05) is 0 Å². The first-order chi connectivity index (χ1) is 14.7. The van der Waals surface area contributed by atoms with Gasteiger partial charge in [0.2, 0.25) is 0 Å². The number of thioether (sulfide) groups is 1. The van der Waals surface area contributed by atoms with Crippen molar-refractivity contribution in [3.05, 3.63) is 66.5 Å². The van der Waals surface area contributed by atoms with E-state index in [-0.39, 0.29) is 27.3 Å². The zero-order valence-corrected chi connectivity index (χ0v) is 19.6. The standard InChI is InChI=1S/C20H13Cl4NO5S/c1-29-17(26)8-25-19(27)16(31-20(25)28)7-11-5-14(23)18(15(24)6-11)30-9-10-2-3-12(21)13(22)4-10/h2-7H,8-9H2,1H3/b16-7-. The molecule has 0 bridgehead atoms. The molecule has 3 rings (SSSR count). The molecule has 1 aliphatic rings. The number of carbonyl (C=O) groups excluding carboxylic acids is 3. The van der Waals surface area contributed by atoms with Gasteiger partial charge in [-0.15, -0.1) is 0 Å². The van der Waals surface area contributed by atoms with Gasteiger partial charge in [-0.3, -0.25) is 19.3 Å². The highest BCUT2D eigenvalue weighted by atomic mass is 35.5. The van der Waals surface area contributed by atoms with Crippen LogP contribution in [0.15, 0.2) is 35.2 Å². The van der Waals surface area contributed by atoms with Crippen LogP contribution in [0.3, 0.4) is 0 Å². The van der Waals surface area contributed by atoms with Gasteiger partial charge in [0.25, 0.3) is 11.1 Å². The fourth-order valence-corrected chi connectivity index (χ4v) is 4.34. The van der Waals surface area contributed by atoms with E-state index in [4.69, 9.17) is 51.1 Å². The molecule has 0 N–H and O–H groups in total. The molecule has 1 heterocycles. The fourth-order valence-electron chi connectivity index (χ4n) is 2.57. The molecule has 2 aromatic rings. The molecule has 0 aliphatic carbocycles. The lowest BCUT2D eigenvalue weighted by Gasteiger charge is -2.12. The van der Waals surface area contributed by atoms with Crippen molar-refractivity contribution in [1.29, 1.82) is 0 Å². The first-order valence-electron chi connectivity index (χ1n) is 8.57. The zero-order chi connectivity index (χ0) is 22.7. The van der Waals surface area contributed by atoms with Crippen molar-refractivity contribution in [2.45, 2.75) is 6.61 Å². The number of methoxy groups -OCH3 is 1. The van der Waals surface area contributed by atoms with E-state index in [0.717, 1.165) is 10.5 Å². The van der Waals surface area contributed by atoms with Crippen LogP contribution in [0, 0.1) is 0 Å². The number of hydrogen-bond acceptors (Lipinski definition) is 6. The number of rotatable bonds is 6. The lowest BCUT2D eigenvalue weighted by Crippen LogP contribution is -2.34. The van der Waals surface area contributed by atoms with Crippen LogP contribution >= 0.6 is 58.2 Å². The Labute approximate surface area is 202 Å². The first-order valence-corrected chi connectivity index (χ1v) is 10.9. The molecule has 0 radical (unpaired) electrons. The lowest BCUT2D eigenvalue weighted by molar-refractivity contribution is -0.143. The molecule has 31 heavy (non-hydrogen) atoms. The molecule has 1 saturated heterocycles. The average Bonchev–Trinajstić information content (AvgIpc) is 2.97. The van der Waals surface area contributed by atoms with Crippen LogP contribution in [-0.4, -0.2) is 35.7 Å². The minimum Gasteiger partial charge on any atom is -0.486 e. The van der Waals surface area contributed by atoms with Crippen molar-refractivity contribution < 1.29 is 23.9 Å². The van der Waals surface area contributed by atoms with Crippen molar-refractivity contribution in [3.63, 3.8) is 0 Å². The summed E-state index contributed by atoms with van der Waals surface area (Å²) in [5.74, 6) is -1.05. The summed E-state index contributed by atoms with van der Waals surface area (Å²) in [4.78, 5) is 36.8. The predicted molar refractivity (Wildman–Crippen MR) is 122 cm³/mol. The van der Waals surface area contributed by atoms with Crippen molar-refractivity contribution in [2.75, 3.05) is 13.7 Å². The van der Waals surface area contributed by atoms with Gasteiger partial charge in [-0.05, 0) is 53.2 Å². The van der Waals surface area contributed by atoms with Crippen LogP contribution in [0.4, 0.5) is 4.79 Å². The number of hydrogen-bond donors (Lipinski definition) is 0. The van der Waals surface area contributed by atoms with Gasteiger partial charge in [-0.1, -0.05) is 52.5 Å². The summed E-state index contributed by atoms with van der Waals surface area (Å²) in [6.07, 6.45) is 1.46. The Balaban J connectivity index is 1.77. The highest BCUT2D eigenvalue weighted by molar-refractivity contribution is 8.18. The zero-order valence-electron chi connectivity index (χ0n) is 15.8. The number of nitrogens with zero attached hydrogens (tertiary/aromatic N) is 1. The van der Waals surface area contributed by atoms with Gasteiger partial charge in [-0.2, -0.15) is 0 Å². The molecule has 6 nitrogen and oxygen atoms in total. The topological polar surface area (TPSA) is 72.9 Å². The number of halogens is 4.